The van der Waals surface area contributed by atoms with Gasteiger partial charge >= 0.3 is 0 Å². The molecule has 2 rings (SSSR count). The third-order valence-electron chi connectivity index (χ3n) is 2.28. The number of hydrogen-bond donors (Lipinski definition) is 1. The Kier molecular flexibility index (Phi) is 5.25. The molecule has 0 saturated heterocycles. The standard InChI is InChI=1S/C14H12BrN3O2/c15-12-5-1-2-6-13(12)20-10-14(19)18-17-9-11-4-3-7-16-8-11/h1-9H,10H2,(H,18,19)/b17-9-. The monoisotopic (exact) mass is 333 g/mol. The first-order valence-corrected chi connectivity index (χ1v) is 6.64. The van der Waals surface area contributed by atoms with E-state index in [1.54, 1.807) is 24.5 Å². The molecule has 20 heavy (non-hydrogen) atoms. The number of rotatable bonds is 5. The van der Waals surface area contributed by atoms with Gasteiger partial charge in [-0.05, 0) is 34.1 Å². The number of amides is 1. The molecule has 0 saturated carbocycles. The second kappa shape index (κ2) is 7.40. The summed E-state index contributed by atoms with van der Waals surface area (Å²) in [7, 11) is 0. The van der Waals surface area contributed by atoms with Crippen molar-refractivity contribution in [3.8, 4) is 5.75 Å². The Hall–Kier alpha value is -2.21. The summed E-state index contributed by atoms with van der Waals surface area (Å²) in [6, 6.07) is 10.9. The fourth-order valence-corrected chi connectivity index (χ4v) is 1.77. The van der Waals surface area contributed by atoms with Crippen LogP contribution < -0.4 is 10.2 Å². The Morgan fingerprint density at radius 3 is 2.95 bits per heavy atom. The smallest absolute Gasteiger partial charge is 0.277 e. The first-order chi connectivity index (χ1) is 9.75. The van der Waals surface area contributed by atoms with Gasteiger partial charge < -0.3 is 4.74 Å². The van der Waals surface area contributed by atoms with Gasteiger partial charge in [-0.25, -0.2) is 5.43 Å². The van der Waals surface area contributed by atoms with Crippen LogP contribution >= 0.6 is 15.9 Å². The van der Waals surface area contributed by atoms with E-state index in [0.29, 0.717) is 5.75 Å². The van der Waals surface area contributed by atoms with E-state index < -0.39 is 0 Å². The Morgan fingerprint density at radius 2 is 2.20 bits per heavy atom. The number of ether oxygens (including phenoxy) is 1. The molecule has 1 amide bonds. The lowest BCUT2D eigenvalue weighted by molar-refractivity contribution is -0.123. The number of benzene rings is 1. The van der Waals surface area contributed by atoms with Gasteiger partial charge in [-0.3, -0.25) is 9.78 Å². The molecule has 6 heteroatoms. The van der Waals surface area contributed by atoms with E-state index in [1.165, 1.54) is 6.21 Å². The first-order valence-electron chi connectivity index (χ1n) is 5.85. The van der Waals surface area contributed by atoms with E-state index in [9.17, 15) is 4.79 Å². The van der Waals surface area contributed by atoms with Gasteiger partial charge in [-0.15, -0.1) is 0 Å². The van der Waals surface area contributed by atoms with Crippen molar-refractivity contribution < 1.29 is 9.53 Å². The minimum absolute atomic E-state index is 0.104. The van der Waals surface area contributed by atoms with Gasteiger partial charge in [0.1, 0.15) is 5.75 Å². The van der Waals surface area contributed by atoms with Crippen LogP contribution in [0.4, 0.5) is 0 Å². The average Bonchev–Trinajstić information content (AvgIpc) is 2.47. The van der Waals surface area contributed by atoms with Crippen LogP contribution in [-0.4, -0.2) is 23.7 Å². The number of pyridine rings is 1. The third-order valence-corrected chi connectivity index (χ3v) is 2.94. The molecule has 0 spiro atoms. The summed E-state index contributed by atoms with van der Waals surface area (Å²) in [4.78, 5) is 15.5. The van der Waals surface area contributed by atoms with Crippen molar-refractivity contribution in [2.75, 3.05) is 6.61 Å². The highest BCUT2D eigenvalue weighted by Gasteiger charge is 2.03. The van der Waals surface area contributed by atoms with Crippen LogP contribution in [0.3, 0.4) is 0 Å². The Morgan fingerprint density at radius 1 is 1.35 bits per heavy atom. The van der Waals surface area contributed by atoms with Crippen LogP contribution in [0, 0.1) is 0 Å². The molecule has 1 aromatic heterocycles. The Bertz CT molecular complexity index is 602. The summed E-state index contributed by atoms with van der Waals surface area (Å²) < 4.78 is 6.15. The lowest BCUT2D eigenvalue weighted by atomic mass is 10.3. The minimum atomic E-state index is -0.333. The third kappa shape index (κ3) is 4.47. The van der Waals surface area contributed by atoms with Gasteiger partial charge in [0.25, 0.3) is 5.91 Å². The zero-order chi connectivity index (χ0) is 14.2. The molecule has 0 atom stereocenters. The fraction of sp³-hybridized carbons (Fsp3) is 0.0714. The van der Waals surface area contributed by atoms with E-state index in [0.717, 1.165) is 10.0 Å². The highest BCUT2D eigenvalue weighted by molar-refractivity contribution is 9.10. The molecule has 2 aromatic rings. The zero-order valence-corrected chi connectivity index (χ0v) is 12.1. The van der Waals surface area contributed by atoms with Crippen LogP contribution in [0.2, 0.25) is 0 Å². The van der Waals surface area contributed by atoms with Crippen LogP contribution in [-0.2, 0) is 4.79 Å². The maximum absolute atomic E-state index is 11.5. The summed E-state index contributed by atoms with van der Waals surface area (Å²) >= 11 is 3.34. The molecule has 0 unspecified atom stereocenters. The van der Waals surface area contributed by atoms with E-state index in [1.807, 2.05) is 24.3 Å². The van der Waals surface area contributed by atoms with E-state index in [4.69, 9.17) is 4.74 Å². The van der Waals surface area contributed by atoms with Crippen molar-refractivity contribution in [3.63, 3.8) is 0 Å². The number of carbonyl (C=O) groups excluding carboxylic acids is 1. The van der Waals surface area contributed by atoms with Crippen LogP contribution in [0.15, 0.2) is 58.4 Å². The van der Waals surface area contributed by atoms with Gasteiger partial charge in [-0.1, -0.05) is 18.2 Å². The second-order valence-electron chi connectivity index (χ2n) is 3.80. The number of hydrazone groups is 1. The van der Waals surface area contributed by atoms with Crippen molar-refractivity contribution in [1.29, 1.82) is 0 Å². The van der Waals surface area contributed by atoms with Crippen molar-refractivity contribution >= 4 is 28.1 Å². The molecule has 0 radical (unpaired) electrons. The molecule has 0 aliphatic heterocycles. The van der Waals surface area contributed by atoms with Crippen LogP contribution in [0.5, 0.6) is 5.75 Å². The summed E-state index contributed by atoms with van der Waals surface area (Å²) in [5, 5.41) is 3.82. The molecule has 0 bridgehead atoms. The van der Waals surface area contributed by atoms with E-state index >= 15 is 0 Å². The predicted octanol–water partition coefficient (Wildman–Crippen LogP) is 2.37. The summed E-state index contributed by atoms with van der Waals surface area (Å²) in [5.41, 5.74) is 3.19. The predicted molar refractivity (Wildman–Crippen MR) is 79.6 cm³/mol. The number of halogens is 1. The summed E-state index contributed by atoms with van der Waals surface area (Å²) in [5.74, 6) is 0.278. The lowest BCUT2D eigenvalue weighted by Crippen LogP contribution is -2.24. The number of nitrogens with zero attached hydrogens (tertiary/aromatic N) is 2. The molecule has 1 aromatic carbocycles. The first kappa shape index (κ1) is 14.2. The number of carbonyl (C=O) groups is 1. The molecule has 0 fully saturated rings. The van der Waals surface area contributed by atoms with Gasteiger partial charge in [-0.2, -0.15) is 5.10 Å². The fourth-order valence-electron chi connectivity index (χ4n) is 1.37. The Labute approximate surface area is 124 Å². The maximum Gasteiger partial charge on any atom is 0.277 e. The SMILES string of the molecule is O=C(COc1ccccc1Br)N/N=C\c1cccnc1. The summed E-state index contributed by atoms with van der Waals surface area (Å²) in [6.07, 6.45) is 4.83. The lowest BCUT2D eigenvalue weighted by Gasteiger charge is -2.06. The quantitative estimate of drug-likeness (QED) is 0.674. The van der Waals surface area contributed by atoms with Crippen molar-refractivity contribution in [2.45, 2.75) is 0 Å². The molecule has 0 aliphatic rings. The number of nitrogens with one attached hydrogen (secondary N) is 1. The number of aromatic nitrogens is 1. The van der Waals surface area contributed by atoms with Gasteiger partial charge in [0.15, 0.2) is 6.61 Å². The Balaban J connectivity index is 1.79. The molecule has 102 valence electrons. The van der Waals surface area contributed by atoms with Crippen LogP contribution in [0.25, 0.3) is 0 Å². The van der Waals surface area contributed by atoms with E-state index in [2.05, 4.69) is 31.4 Å². The highest BCUT2D eigenvalue weighted by Crippen LogP contribution is 2.23. The minimum Gasteiger partial charge on any atom is -0.483 e. The topological polar surface area (TPSA) is 63.6 Å². The molecule has 1 N–H and O–H groups in total. The second-order valence-corrected chi connectivity index (χ2v) is 4.65. The van der Waals surface area contributed by atoms with Gasteiger partial charge in [0.05, 0.1) is 10.7 Å². The number of hydrogen-bond acceptors (Lipinski definition) is 4. The van der Waals surface area contributed by atoms with E-state index in [-0.39, 0.29) is 12.5 Å². The van der Waals surface area contributed by atoms with Gasteiger partial charge in [0, 0.05) is 18.0 Å². The molecule has 0 aliphatic carbocycles. The van der Waals surface area contributed by atoms with Crippen LogP contribution in [0.1, 0.15) is 5.56 Å². The largest absolute Gasteiger partial charge is 0.483 e. The maximum atomic E-state index is 11.5. The van der Waals surface area contributed by atoms with Gasteiger partial charge in [0.2, 0.25) is 0 Å². The molecule has 5 nitrogen and oxygen atoms in total. The average molecular weight is 334 g/mol. The zero-order valence-electron chi connectivity index (χ0n) is 10.5. The molecular formula is C14H12BrN3O2. The van der Waals surface area contributed by atoms with Crippen molar-refractivity contribution in [1.82, 2.24) is 10.4 Å². The molecular weight excluding hydrogens is 322 g/mol. The number of para-hydroxylation sites is 1. The highest BCUT2D eigenvalue weighted by atomic mass is 79.9. The van der Waals surface area contributed by atoms with Crippen molar-refractivity contribution in [3.05, 3.63) is 58.8 Å². The normalized spacial score (nSPS) is 10.4. The van der Waals surface area contributed by atoms with Crippen molar-refractivity contribution in [2.24, 2.45) is 5.10 Å². The molecule has 1 heterocycles. The summed E-state index contributed by atoms with van der Waals surface area (Å²) in [6.45, 7) is -0.104.